The van der Waals surface area contributed by atoms with Gasteiger partial charge in [-0.3, -0.25) is 10.2 Å². The summed E-state index contributed by atoms with van der Waals surface area (Å²) in [6.45, 7) is 10.6. The van der Waals surface area contributed by atoms with Crippen molar-refractivity contribution in [1.29, 1.82) is 0 Å². The normalized spacial score (nSPS) is 16.4. The highest BCUT2D eigenvalue weighted by Crippen LogP contribution is 2.33. The molecule has 2 fully saturated rings. The fourth-order valence-corrected chi connectivity index (χ4v) is 8.29. The number of hydrogen-bond donors (Lipinski definition) is 3. The number of aromatic amines is 2. The Hall–Kier alpha value is -4.61. The zero-order chi connectivity index (χ0) is 44.3. The van der Waals surface area contributed by atoms with Crippen molar-refractivity contribution in [3.05, 3.63) is 93.4 Å². The van der Waals surface area contributed by atoms with Crippen molar-refractivity contribution in [2.75, 3.05) is 52.7 Å². The maximum Gasteiger partial charge on any atom is 0.410 e. The smallest absolute Gasteiger partial charge is 0.410 e. The SMILES string of the molecule is CC(C)(C)OC(=O)N1CCC[C@@H]1COCCCOc1ccc(-c2n[nH]c3cc(Br)ccc23)c(F)c1.Fc1cc(OCCCOC[C@H]2CCCN2)ccc1-c1n[nH]c2cc(Br)ccc12. The Morgan fingerprint density at radius 3 is 1.79 bits per heavy atom. The van der Waals surface area contributed by atoms with E-state index >= 15 is 0 Å². The molecule has 0 spiro atoms. The van der Waals surface area contributed by atoms with Crippen LogP contribution in [0.5, 0.6) is 11.5 Å². The van der Waals surface area contributed by atoms with Gasteiger partial charge in [-0.2, -0.15) is 10.2 Å². The first-order valence-corrected chi connectivity index (χ1v) is 23.0. The molecule has 6 aromatic rings. The molecular weight excluding hydrogens is 942 g/mol. The average Bonchev–Trinajstić information content (AvgIpc) is 4.08. The van der Waals surface area contributed by atoms with Gasteiger partial charge in [0.15, 0.2) is 0 Å². The molecule has 4 aromatic carbocycles. The summed E-state index contributed by atoms with van der Waals surface area (Å²) < 4.78 is 59.7. The Morgan fingerprint density at radius 1 is 0.730 bits per heavy atom. The van der Waals surface area contributed by atoms with Gasteiger partial charge < -0.3 is 33.9 Å². The van der Waals surface area contributed by atoms with Crippen LogP contribution in [0.15, 0.2) is 81.7 Å². The minimum atomic E-state index is -0.510. The number of benzene rings is 4. The quantitative estimate of drug-likeness (QED) is 0.0810. The number of carbonyl (C=O) groups excluding carboxylic acids is 1. The Morgan fingerprint density at radius 2 is 1.29 bits per heavy atom. The van der Waals surface area contributed by atoms with Crippen molar-refractivity contribution in [1.82, 2.24) is 30.6 Å². The number of nitrogens with one attached hydrogen (secondary N) is 3. The average molecular weight is 997 g/mol. The van der Waals surface area contributed by atoms with Crippen molar-refractivity contribution in [3.8, 4) is 34.0 Å². The summed E-state index contributed by atoms with van der Waals surface area (Å²) in [7, 11) is 0. The van der Waals surface area contributed by atoms with E-state index in [1.807, 2.05) is 57.2 Å². The van der Waals surface area contributed by atoms with Gasteiger partial charge in [0.1, 0.15) is 40.1 Å². The molecule has 2 atom stereocenters. The highest BCUT2D eigenvalue weighted by Gasteiger charge is 2.32. The number of hydrogen-bond acceptors (Lipinski definition) is 9. The Labute approximate surface area is 383 Å². The fraction of sp³-hybridized carbons (Fsp3) is 0.426. The third kappa shape index (κ3) is 12.8. The molecule has 0 unspecified atom stereocenters. The second-order valence-electron chi connectivity index (χ2n) is 16.6. The molecular formula is C47H54Br2F2N6O6. The number of carbonyl (C=O) groups is 1. The van der Waals surface area contributed by atoms with Gasteiger partial charge >= 0.3 is 6.09 Å². The summed E-state index contributed by atoms with van der Waals surface area (Å²) in [6, 6.07) is 21.7. The maximum atomic E-state index is 14.8. The van der Waals surface area contributed by atoms with Gasteiger partial charge in [-0.05, 0) is 114 Å². The van der Waals surface area contributed by atoms with Crippen LogP contribution in [-0.2, 0) is 14.2 Å². The molecule has 63 heavy (non-hydrogen) atoms. The number of aromatic nitrogens is 4. The topological polar surface area (TPSA) is 136 Å². The highest BCUT2D eigenvalue weighted by atomic mass is 79.9. The number of ether oxygens (including phenoxy) is 5. The first kappa shape index (κ1) is 46.4. The predicted molar refractivity (Wildman–Crippen MR) is 247 cm³/mol. The van der Waals surface area contributed by atoms with Gasteiger partial charge in [0, 0.05) is 81.6 Å². The summed E-state index contributed by atoms with van der Waals surface area (Å²) >= 11 is 6.86. The monoisotopic (exact) mass is 994 g/mol. The number of rotatable bonds is 16. The van der Waals surface area contributed by atoms with E-state index in [1.165, 1.54) is 25.0 Å². The highest BCUT2D eigenvalue weighted by molar-refractivity contribution is 9.10. The molecule has 336 valence electrons. The van der Waals surface area contributed by atoms with Crippen LogP contribution in [0.25, 0.3) is 44.3 Å². The van der Waals surface area contributed by atoms with Gasteiger partial charge in [-0.15, -0.1) is 0 Å². The lowest BCUT2D eigenvalue weighted by molar-refractivity contribution is 0.00977. The van der Waals surface area contributed by atoms with Gasteiger partial charge in [0.05, 0.1) is 43.5 Å². The van der Waals surface area contributed by atoms with E-state index in [-0.39, 0.29) is 18.0 Å². The molecule has 2 aliphatic rings. The van der Waals surface area contributed by atoms with E-state index in [0.29, 0.717) is 86.1 Å². The van der Waals surface area contributed by atoms with Gasteiger partial charge in [0.25, 0.3) is 0 Å². The summed E-state index contributed by atoms with van der Waals surface area (Å²) in [4.78, 5) is 14.1. The summed E-state index contributed by atoms with van der Waals surface area (Å²) in [5.74, 6) is 0.234. The van der Waals surface area contributed by atoms with E-state index in [9.17, 15) is 13.6 Å². The Balaban J connectivity index is 0.000000193. The van der Waals surface area contributed by atoms with Crippen LogP contribution in [-0.4, -0.2) is 102 Å². The molecule has 8 rings (SSSR count). The van der Waals surface area contributed by atoms with Crippen molar-refractivity contribution in [3.63, 3.8) is 0 Å². The summed E-state index contributed by atoms with van der Waals surface area (Å²) in [5.41, 5.74) is 3.22. The molecule has 2 aliphatic heterocycles. The van der Waals surface area contributed by atoms with Gasteiger partial charge in [-0.1, -0.05) is 31.9 Å². The molecule has 16 heteroatoms. The molecule has 0 bridgehead atoms. The van der Waals surface area contributed by atoms with E-state index < -0.39 is 11.4 Å². The molecule has 0 radical (unpaired) electrons. The lowest BCUT2D eigenvalue weighted by Crippen LogP contribution is -2.41. The predicted octanol–water partition coefficient (Wildman–Crippen LogP) is 11.0. The molecule has 0 aliphatic carbocycles. The first-order valence-electron chi connectivity index (χ1n) is 21.4. The molecule has 1 amide bonds. The standard InChI is InChI=1S/C26H31BrFN3O4.C21H23BrFN3O2/c1-26(2,3)35-25(32)31-11-4-6-18(31)16-33-12-5-13-34-19-8-10-20(22(28)15-19)24-21-9-7-17(27)14-23(21)29-30-24;22-14-4-6-18-20(11-14)25-26-21(18)17-7-5-16(12-19(17)23)28-10-2-9-27-13-15-3-1-8-24-15/h7-10,14-15,18H,4-6,11-13,16H2,1-3H3,(H,29,30);4-7,11-12,15,24H,1-3,8-10,13H2,(H,25,26)/t18-;15-/m11/s1. The molecule has 12 nitrogen and oxygen atoms in total. The Kier molecular flexibility index (Phi) is 16.1. The van der Waals surface area contributed by atoms with Gasteiger partial charge in [-0.25, -0.2) is 13.6 Å². The zero-order valence-corrected chi connectivity index (χ0v) is 39.0. The van der Waals surface area contributed by atoms with Crippen molar-refractivity contribution >= 4 is 59.8 Å². The van der Waals surface area contributed by atoms with Gasteiger partial charge in [0.2, 0.25) is 0 Å². The summed E-state index contributed by atoms with van der Waals surface area (Å²) in [5, 5.41) is 19.6. The van der Waals surface area contributed by atoms with E-state index in [4.69, 9.17) is 23.7 Å². The van der Waals surface area contributed by atoms with Crippen LogP contribution in [0.1, 0.15) is 59.3 Å². The minimum absolute atomic E-state index is 0.0339. The molecule has 2 saturated heterocycles. The van der Waals surface area contributed by atoms with Crippen molar-refractivity contribution < 1.29 is 37.3 Å². The van der Waals surface area contributed by atoms with Crippen LogP contribution in [0.4, 0.5) is 13.6 Å². The number of H-pyrrole nitrogens is 2. The van der Waals surface area contributed by atoms with Crippen LogP contribution in [0.2, 0.25) is 0 Å². The second kappa shape index (κ2) is 21.8. The van der Waals surface area contributed by atoms with Crippen LogP contribution < -0.4 is 14.8 Å². The second-order valence-corrected chi connectivity index (χ2v) is 18.5. The van der Waals surface area contributed by atoms with Crippen LogP contribution in [0.3, 0.4) is 0 Å². The van der Waals surface area contributed by atoms with Crippen LogP contribution in [0, 0.1) is 11.6 Å². The molecule has 3 N–H and O–H groups in total. The first-order chi connectivity index (χ1) is 30.4. The maximum absolute atomic E-state index is 14.8. The number of halogens is 4. The third-order valence-corrected chi connectivity index (χ3v) is 11.6. The lowest BCUT2D eigenvalue weighted by Gasteiger charge is -2.28. The van der Waals surface area contributed by atoms with E-state index in [0.717, 1.165) is 63.2 Å². The molecule has 0 saturated carbocycles. The fourth-order valence-electron chi connectivity index (χ4n) is 7.57. The largest absolute Gasteiger partial charge is 0.493 e. The molecule has 4 heterocycles. The summed E-state index contributed by atoms with van der Waals surface area (Å²) in [6.07, 6.45) is 5.41. The van der Waals surface area contributed by atoms with Crippen molar-refractivity contribution in [2.45, 2.75) is 77.0 Å². The Bertz CT molecular complexity index is 2450. The number of fused-ring (bicyclic) bond motifs is 2. The van der Waals surface area contributed by atoms with E-state index in [1.54, 1.807) is 29.2 Å². The third-order valence-electron chi connectivity index (χ3n) is 10.6. The number of nitrogens with zero attached hydrogens (tertiary/aromatic N) is 3. The molecule has 2 aromatic heterocycles. The zero-order valence-electron chi connectivity index (χ0n) is 35.8. The number of amides is 1. The van der Waals surface area contributed by atoms with E-state index in [2.05, 4.69) is 57.6 Å². The van der Waals surface area contributed by atoms with Crippen molar-refractivity contribution in [2.24, 2.45) is 0 Å². The minimum Gasteiger partial charge on any atom is -0.493 e. The lowest BCUT2D eigenvalue weighted by atomic mass is 10.1. The van der Waals surface area contributed by atoms with Crippen LogP contribution >= 0.6 is 31.9 Å². The number of likely N-dealkylation sites (tertiary alicyclic amines) is 1.